The van der Waals surface area contributed by atoms with Gasteiger partial charge >= 0.3 is 0 Å². The van der Waals surface area contributed by atoms with Crippen LogP contribution in [0.1, 0.15) is 33.1 Å². The van der Waals surface area contributed by atoms with Gasteiger partial charge in [-0.3, -0.25) is 0 Å². The molecule has 1 aromatic heterocycles. The Morgan fingerprint density at radius 1 is 1.38 bits per heavy atom. The van der Waals surface area contributed by atoms with Gasteiger partial charge in [0, 0.05) is 13.1 Å². The molecule has 0 radical (unpaired) electrons. The maximum Gasteiger partial charge on any atom is 0.214 e. The van der Waals surface area contributed by atoms with Crippen molar-refractivity contribution in [2.45, 2.75) is 33.1 Å². The van der Waals surface area contributed by atoms with Crippen LogP contribution in [0.4, 0.5) is 10.2 Å². The lowest BCUT2D eigenvalue weighted by Gasteiger charge is -2.26. The summed E-state index contributed by atoms with van der Waals surface area (Å²) in [5.74, 6) is 0.395. The first-order valence-electron chi connectivity index (χ1n) is 6.06. The molecule has 0 spiro atoms. The Kier molecular flexibility index (Phi) is 3.13. The zero-order valence-corrected chi connectivity index (χ0v) is 10.0. The Balaban J connectivity index is 2.14. The lowest BCUT2D eigenvalue weighted by molar-refractivity contribution is 0.301. The molecule has 1 fully saturated rings. The maximum absolute atomic E-state index is 13.0. The summed E-state index contributed by atoms with van der Waals surface area (Å²) < 4.78 is 13.0. The van der Waals surface area contributed by atoms with Crippen LogP contribution < -0.4 is 4.90 Å². The van der Waals surface area contributed by atoms with E-state index >= 15 is 0 Å². The van der Waals surface area contributed by atoms with Gasteiger partial charge in [-0.25, -0.2) is 4.98 Å². The molecule has 0 saturated carbocycles. The molecule has 3 heteroatoms. The zero-order chi connectivity index (χ0) is 11.6. The monoisotopic (exact) mass is 222 g/mol. The predicted octanol–water partition coefficient (Wildman–Crippen LogP) is 3.24. The fraction of sp³-hybridized carbons (Fsp3) is 0.615. The summed E-state index contributed by atoms with van der Waals surface area (Å²) in [5, 5.41) is 0. The highest BCUT2D eigenvalue weighted by molar-refractivity contribution is 5.40. The number of nitrogens with zero attached hydrogens (tertiary/aromatic N) is 2. The van der Waals surface area contributed by atoms with Crippen molar-refractivity contribution < 1.29 is 4.39 Å². The molecule has 0 N–H and O–H groups in total. The minimum Gasteiger partial charge on any atom is -0.356 e. The summed E-state index contributed by atoms with van der Waals surface area (Å²) in [4.78, 5) is 6.15. The second-order valence-electron chi connectivity index (χ2n) is 4.70. The van der Waals surface area contributed by atoms with Crippen molar-refractivity contribution in [2.75, 3.05) is 18.0 Å². The van der Waals surface area contributed by atoms with Crippen molar-refractivity contribution in [1.82, 2.24) is 4.98 Å². The standard InChI is InChI=1S/C13H19FN2/c1-3-13(4-2)8-9-16(10-13)12-7-5-6-11(14)15-12/h5-7H,3-4,8-10H2,1-2H3. The summed E-state index contributed by atoms with van der Waals surface area (Å²) in [6.45, 7) is 6.49. The molecule has 1 saturated heterocycles. The molecule has 0 amide bonds. The van der Waals surface area contributed by atoms with Crippen molar-refractivity contribution in [3.8, 4) is 0 Å². The van der Waals surface area contributed by atoms with Crippen LogP contribution >= 0.6 is 0 Å². The van der Waals surface area contributed by atoms with Gasteiger partial charge < -0.3 is 4.90 Å². The fourth-order valence-electron chi connectivity index (χ4n) is 2.53. The van der Waals surface area contributed by atoms with Gasteiger partial charge in [0.2, 0.25) is 5.95 Å². The Morgan fingerprint density at radius 2 is 2.12 bits per heavy atom. The highest BCUT2D eigenvalue weighted by atomic mass is 19.1. The molecular weight excluding hydrogens is 203 g/mol. The lowest BCUT2D eigenvalue weighted by Crippen LogP contribution is -2.26. The van der Waals surface area contributed by atoms with Gasteiger partial charge in [0.25, 0.3) is 0 Å². The van der Waals surface area contributed by atoms with Crippen LogP contribution in [0.3, 0.4) is 0 Å². The molecule has 0 atom stereocenters. The molecule has 88 valence electrons. The zero-order valence-electron chi connectivity index (χ0n) is 10.0. The molecule has 0 unspecified atom stereocenters. The SMILES string of the molecule is CCC1(CC)CCN(c2cccc(F)n2)C1. The molecule has 2 rings (SSSR count). The molecule has 1 aliphatic heterocycles. The minimum absolute atomic E-state index is 0.386. The summed E-state index contributed by atoms with van der Waals surface area (Å²) >= 11 is 0. The predicted molar refractivity (Wildman–Crippen MR) is 64.0 cm³/mol. The van der Waals surface area contributed by atoms with Gasteiger partial charge in [-0.15, -0.1) is 0 Å². The van der Waals surface area contributed by atoms with Crippen molar-refractivity contribution in [1.29, 1.82) is 0 Å². The molecular formula is C13H19FN2. The molecule has 0 aromatic carbocycles. The van der Waals surface area contributed by atoms with E-state index in [0.29, 0.717) is 5.41 Å². The van der Waals surface area contributed by atoms with Crippen molar-refractivity contribution in [3.05, 3.63) is 24.1 Å². The highest BCUT2D eigenvalue weighted by Crippen LogP contribution is 2.38. The van der Waals surface area contributed by atoms with Crippen molar-refractivity contribution in [3.63, 3.8) is 0 Å². The Morgan fingerprint density at radius 3 is 2.69 bits per heavy atom. The summed E-state index contributed by atoms with van der Waals surface area (Å²) in [6.07, 6.45) is 3.57. The molecule has 0 aliphatic carbocycles. The average molecular weight is 222 g/mol. The summed E-state index contributed by atoms with van der Waals surface area (Å²) in [7, 11) is 0. The number of hydrogen-bond acceptors (Lipinski definition) is 2. The van der Waals surface area contributed by atoms with E-state index in [2.05, 4.69) is 23.7 Å². The van der Waals surface area contributed by atoms with Gasteiger partial charge in [0.15, 0.2) is 0 Å². The van der Waals surface area contributed by atoms with E-state index < -0.39 is 0 Å². The molecule has 2 nitrogen and oxygen atoms in total. The second kappa shape index (κ2) is 4.40. The minimum atomic E-state index is -0.386. The van der Waals surface area contributed by atoms with Crippen molar-refractivity contribution in [2.24, 2.45) is 5.41 Å². The van der Waals surface area contributed by atoms with Crippen LogP contribution in [0.15, 0.2) is 18.2 Å². The lowest BCUT2D eigenvalue weighted by atomic mass is 9.82. The third-order valence-electron chi connectivity index (χ3n) is 3.96. The normalized spacial score (nSPS) is 19.1. The third kappa shape index (κ3) is 2.04. The van der Waals surface area contributed by atoms with Gasteiger partial charge in [0.05, 0.1) is 0 Å². The summed E-state index contributed by atoms with van der Waals surface area (Å²) in [5.41, 5.74) is 0.411. The number of pyridine rings is 1. The molecule has 16 heavy (non-hydrogen) atoms. The fourth-order valence-corrected chi connectivity index (χ4v) is 2.53. The first kappa shape index (κ1) is 11.4. The Hall–Kier alpha value is -1.12. The number of rotatable bonds is 3. The van der Waals surface area contributed by atoms with E-state index in [4.69, 9.17) is 0 Å². The van der Waals surface area contributed by atoms with E-state index in [-0.39, 0.29) is 5.95 Å². The summed E-state index contributed by atoms with van der Waals surface area (Å²) in [6, 6.07) is 5.02. The smallest absolute Gasteiger partial charge is 0.214 e. The topological polar surface area (TPSA) is 16.1 Å². The number of anilines is 1. The van der Waals surface area contributed by atoms with E-state index in [1.165, 1.54) is 25.3 Å². The number of aromatic nitrogens is 1. The van der Waals surface area contributed by atoms with Gasteiger partial charge in [0.1, 0.15) is 5.82 Å². The maximum atomic E-state index is 13.0. The average Bonchev–Trinajstić information content (AvgIpc) is 2.74. The van der Waals surface area contributed by atoms with Gasteiger partial charge in [-0.1, -0.05) is 19.9 Å². The molecule has 0 bridgehead atoms. The first-order valence-corrected chi connectivity index (χ1v) is 6.06. The Bertz CT molecular complexity index is 361. The van der Waals surface area contributed by atoms with Gasteiger partial charge in [-0.05, 0) is 36.8 Å². The number of hydrogen-bond donors (Lipinski definition) is 0. The van der Waals surface area contributed by atoms with E-state index in [1.54, 1.807) is 6.07 Å². The Labute approximate surface area is 96.5 Å². The van der Waals surface area contributed by atoms with Crippen molar-refractivity contribution >= 4 is 5.82 Å². The molecule has 1 aromatic rings. The van der Waals surface area contributed by atoms with Crippen LogP contribution in [-0.2, 0) is 0 Å². The first-order chi connectivity index (χ1) is 7.69. The highest BCUT2D eigenvalue weighted by Gasteiger charge is 2.35. The number of halogens is 1. The second-order valence-corrected chi connectivity index (χ2v) is 4.70. The van der Waals surface area contributed by atoms with Crippen LogP contribution in [0.25, 0.3) is 0 Å². The van der Waals surface area contributed by atoms with Crippen LogP contribution in [0.5, 0.6) is 0 Å². The largest absolute Gasteiger partial charge is 0.356 e. The van der Waals surface area contributed by atoms with Crippen LogP contribution in [-0.4, -0.2) is 18.1 Å². The van der Waals surface area contributed by atoms with Crippen LogP contribution in [0.2, 0.25) is 0 Å². The van der Waals surface area contributed by atoms with E-state index in [1.807, 2.05) is 6.07 Å². The van der Waals surface area contributed by atoms with Gasteiger partial charge in [-0.2, -0.15) is 4.39 Å². The van der Waals surface area contributed by atoms with Crippen LogP contribution in [0, 0.1) is 11.4 Å². The van der Waals surface area contributed by atoms with E-state index in [0.717, 1.165) is 18.9 Å². The third-order valence-corrected chi connectivity index (χ3v) is 3.96. The van der Waals surface area contributed by atoms with E-state index in [9.17, 15) is 4.39 Å². The quantitative estimate of drug-likeness (QED) is 0.730. The molecule has 1 aliphatic rings. The molecule has 2 heterocycles.